The lowest BCUT2D eigenvalue weighted by atomic mass is 9.89. The zero-order valence-electron chi connectivity index (χ0n) is 11.1. The molecule has 2 saturated heterocycles. The summed E-state index contributed by atoms with van der Waals surface area (Å²) in [5.41, 5.74) is 0. The number of carbonyl (C=O) groups is 1. The van der Waals surface area contributed by atoms with Gasteiger partial charge in [-0.25, -0.2) is 0 Å². The summed E-state index contributed by atoms with van der Waals surface area (Å²) in [4.78, 5) is 15.5. The molecule has 2 N–H and O–H groups in total. The number of rotatable bonds is 4. The molecule has 5 heteroatoms. The molecule has 0 bridgehead atoms. The second-order valence-corrected chi connectivity index (χ2v) is 6.59. The summed E-state index contributed by atoms with van der Waals surface area (Å²) in [5.74, 6) is 1.74. The van der Waals surface area contributed by atoms with Gasteiger partial charge in [0.1, 0.15) is 0 Å². The Bertz CT molecular complexity index is 420. The van der Waals surface area contributed by atoms with Gasteiger partial charge in [-0.1, -0.05) is 6.07 Å². The fourth-order valence-corrected chi connectivity index (χ4v) is 3.76. The summed E-state index contributed by atoms with van der Waals surface area (Å²) in [6.45, 7) is 5.65. The van der Waals surface area contributed by atoms with Crippen LogP contribution in [0.4, 0.5) is 0 Å². The van der Waals surface area contributed by atoms with Gasteiger partial charge in [-0.05, 0) is 49.3 Å². The zero-order chi connectivity index (χ0) is 13.1. The van der Waals surface area contributed by atoms with Gasteiger partial charge in [0.05, 0.1) is 13.1 Å². The molecule has 0 spiro atoms. The smallest absolute Gasteiger partial charge is 0.234 e. The van der Waals surface area contributed by atoms with Gasteiger partial charge < -0.3 is 10.6 Å². The number of nitrogens with one attached hydrogen (secondary N) is 2. The predicted molar refractivity (Wildman–Crippen MR) is 77.1 cm³/mol. The number of nitrogens with zero attached hydrogens (tertiary/aromatic N) is 1. The fourth-order valence-electron chi connectivity index (χ4n) is 3.11. The third-order valence-electron chi connectivity index (χ3n) is 4.20. The van der Waals surface area contributed by atoms with Crippen LogP contribution >= 0.6 is 11.3 Å². The van der Waals surface area contributed by atoms with Crippen LogP contribution in [0.25, 0.3) is 0 Å². The van der Waals surface area contributed by atoms with Crippen molar-refractivity contribution in [1.29, 1.82) is 0 Å². The molecule has 3 heterocycles. The SMILES string of the molecule is O=C(CN1CCC2CNCC2C1)NCc1cccs1. The molecule has 0 aliphatic carbocycles. The fraction of sp³-hybridized carbons (Fsp3) is 0.643. The van der Waals surface area contributed by atoms with E-state index < -0.39 is 0 Å². The van der Waals surface area contributed by atoms with Gasteiger partial charge >= 0.3 is 0 Å². The Morgan fingerprint density at radius 1 is 1.47 bits per heavy atom. The Morgan fingerprint density at radius 3 is 3.21 bits per heavy atom. The summed E-state index contributed by atoms with van der Waals surface area (Å²) in [6, 6.07) is 4.07. The Balaban J connectivity index is 1.42. The minimum absolute atomic E-state index is 0.151. The second-order valence-electron chi connectivity index (χ2n) is 5.56. The van der Waals surface area contributed by atoms with Gasteiger partial charge in [0.2, 0.25) is 5.91 Å². The molecule has 2 fully saturated rings. The molecule has 1 aromatic rings. The summed E-state index contributed by atoms with van der Waals surface area (Å²) in [7, 11) is 0. The highest BCUT2D eigenvalue weighted by molar-refractivity contribution is 7.09. The van der Waals surface area contributed by atoms with E-state index in [1.807, 2.05) is 11.4 Å². The van der Waals surface area contributed by atoms with Gasteiger partial charge in [-0.15, -0.1) is 11.3 Å². The third kappa shape index (κ3) is 3.35. The molecule has 2 aliphatic heterocycles. The highest BCUT2D eigenvalue weighted by Crippen LogP contribution is 2.26. The number of hydrogen-bond acceptors (Lipinski definition) is 4. The molecular formula is C14H21N3OS. The van der Waals surface area contributed by atoms with Crippen molar-refractivity contribution in [3.63, 3.8) is 0 Å². The van der Waals surface area contributed by atoms with Crippen LogP contribution in [-0.4, -0.2) is 43.5 Å². The summed E-state index contributed by atoms with van der Waals surface area (Å²) >= 11 is 1.69. The summed E-state index contributed by atoms with van der Waals surface area (Å²) < 4.78 is 0. The highest BCUT2D eigenvalue weighted by Gasteiger charge is 2.33. The topological polar surface area (TPSA) is 44.4 Å². The number of likely N-dealkylation sites (tertiary alicyclic amines) is 1. The van der Waals surface area contributed by atoms with E-state index in [4.69, 9.17) is 0 Å². The maximum atomic E-state index is 11.9. The summed E-state index contributed by atoms with van der Waals surface area (Å²) in [6.07, 6.45) is 1.23. The third-order valence-corrected chi connectivity index (χ3v) is 5.07. The van der Waals surface area contributed by atoms with Crippen molar-refractivity contribution in [1.82, 2.24) is 15.5 Å². The highest BCUT2D eigenvalue weighted by atomic mass is 32.1. The normalized spacial score (nSPS) is 27.2. The van der Waals surface area contributed by atoms with E-state index in [1.54, 1.807) is 11.3 Å². The van der Waals surface area contributed by atoms with Crippen LogP contribution in [0.5, 0.6) is 0 Å². The van der Waals surface area contributed by atoms with Crippen molar-refractivity contribution in [3.8, 4) is 0 Å². The van der Waals surface area contributed by atoms with Gasteiger partial charge in [0.25, 0.3) is 0 Å². The van der Waals surface area contributed by atoms with E-state index in [2.05, 4.69) is 21.6 Å². The molecule has 19 heavy (non-hydrogen) atoms. The minimum atomic E-state index is 0.151. The number of fused-ring (bicyclic) bond motifs is 1. The Morgan fingerprint density at radius 2 is 2.37 bits per heavy atom. The van der Waals surface area contributed by atoms with Crippen molar-refractivity contribution in [2.75, 3.05) is 32.7 Å². The minimum Gasteiger partial charge on any atom is -0.350 e. The van der Waals surface area contributed by atoms with Crippen molar-refractivity contribution in [2.24, 2.45) is 11.8 Å². The zero-order valence-corrected chi connectivity index (χ0v) is 11.9. The van der Waals surface area contributed by atoms with E-state index in [-0.39, 0.29) is 5.91 Å². The average Bonchev–Trinajstić information content (AvgIpc) is 3.07. The van der Waals surface area contributed by atoms with E-state index in [0.29, 0.717) is 13.1 Å². The maximum Gasteiger partial charge on any atom is 0.234 e. The van der Waals surface area contributed by atoms with Crippen molar-refractivity contribution < 1.29 is 4.79 Å². The number of thiophene rings is 1. The molecule has 1 amide bonds. The lowest BCUT2D eigenvalue weighted by Gasteiger charge is -2.33. The standard InChI is InChI=1S/C14H21N3OS/c18-14(16-8-13-2-1-5-19-13)10-17-4-3-11-6-15-7-12(11)9-17/h1-2,5,11-12,15H,3-4,6-10H2,(H,16,18). The van der Waals surface area contributed by atoms with E-state index >= 15 is 0 Å². The number of hydrogen-bond donors (Lipinski definition) is 2. The first kappa shape index (κ1) is 13.1. The molecule has 2 unspecified atom stereocenters. The molecular weight excluding hydrogens is 258 g/mol. The predicted octanol–water partition coefficient (Wildman–Crippen LogP) is 0.906. The van der Waals surface area contributed by atoms with Gasteiger partial charge in [-0.2, -0.15) is 0 Å². The van der Waals surface area contributed by atoms with Crippen LogP contribution in [0.2, 0.25) is 0 Å². The molecule has 0 aromatic carbocycles. The Labute approximate surface area is 118 Å². The molecule has 104 valence electrons. The van der Waals surface area contributed by atoms with Gasteiger partial charge in [0.15, 0.2) is 0 Å². The van der Waals surface area contributed by atoms with E-state index in [1.165, 1.54) is 17.8 Å². The number of piperidine rings is 1. The van der Waals surface area contributed by atoms with Gasteiger partial charge in [-0.3, -0.25) is 9.69 Å². The molecule has 4 nitrogen and oxygen atoms in total. The average molecular weight is 279 g/mol. The van der Waals surface area contributed by atoms with E-state index in [9.17, 15) is 4.79 Å². The number of amides is 1. The van der Waals surface area contributed by atoms with Crippen molar-refractivity contribution >= 4 is 17.2 Å². The Hall–Kier alpha value is -0.910. The second kappa shape index (κ2) is 6.03. The molecule has 0 radical (unpaired) electrons. The first-order valence-electron chi connectivity index (χ1n) is 7.03. The van der Waals surface area contributed by atoms with Gasteiger partial charge in [0, 0.05) is 11.4 Å². The van der Waals surface area contributed by atoms with E-state index in [0.717, 1.165) is 31.5 Å². The molecule has 1 aromatic heterocycles. The Kier molecular flexibility index (Phi) is 4.15. The van der Waals surface area contributed by atoms with Crippen LogP contribution in [0.15, 0.2) is 17.5 Å². The van der Waals surface area contributed by atoms with Crippen LogP contribution in [0.3, 0.4) is 0 Å². The number of carbonyl (C=O) groups excluding carboxylic acids is 1. The molecule has 3 rings (SSSR count). The lowest BCUT2D eigenvalue weighted by Crippen LogP contribution is -2.44. The first-order valence-corrected chi connectivity index (χ1v) is 7.91. The van der Waals surface area contributed by atoms with Crippen LogP contribution in [0, 0.1) is 11.8 Å². The van der Waals surface area contributed by atoms with Crippen molar-refractivity contribution in [3.05, 3.63) is 22.4 Å². The van der Waals surface area contributed by atoms with Crippen LogP contribution < -0.4 is 10.6 Å². The quantitative estimate of drug-likeness (QED) is 0.861. The maximum absolute atomic E-state index is 11.9. The van der Waals surface area contributed by atoms with Crippen molar-refractivity contribution in [2.45, 2.75) is 13.0 Å². The monoisotopic (exact) mass is 279 g/mol. The van der Waals surface area contributed by atoms with Crippen LogP contribution in [0.1, 0.15) is 11.3 Å². The largest absolute Gasteiger partial charge is 0.350 e. The summed E-state index contributed by atoms with van der Waals surface area (Å²) in [5, 5.41) is 8.50. The molecule has 2 atom stereocenters. The lowest BCUT2D eigenvalue weighted by molar-refractivity contribution is -0.122. The molecule has 0 saturated carbocycles. The molecule has 2 aliphatic rings. The first-order chi connectivity index (χ1) is 9.31. The van der Waals surface area contributed by atoms with Crippen LogP contribution in [-0.2, 0) is 11.3 Å².